The minimum Gasteiger partial charge on any atom is -0.447 e. The van der Waals surface area contributed by atoms with E-state index in [1.165, 1.54) is 11.6 Å². The maximum absolute atomic E-state index is 13.5. The average Bonchev–Trinajstić information content (AvgIpc) is 2.88. The van der Waals surface area contributed by atoms with Crippen LogP contribution in [0, 0.1) is 5.92 Å². The summed E-state index contributed by atoms with van der Waals surface area (Å²) in [4.78, 5) is 16.3. The zero-order chi connectivity index (χ0) is 25.2. The normalized spacial score (nSPS) is 26.3. The van der Waals surface area contributed by atoms with Gasteiger partial charge in [-0.25, -0.2) is 13.6 Å². The van der Waals surface area contributed by atoms with Gasteiger partial charge in [-0.1, -0.05) is 36.4 Å². The fourth-order valence-corrected chi connectivity index (χ4v) is 5.71. The van der Waals surface area contributed by atoms with E-state index < -0.39 is 6.43 Å². The SMILES string of the molecule is CC(C)OC(=O)N1CCN(CC2CCC3C(O2)c2cc(C(F)F)ccc2N[C@H]3c2ccccc2)CC1. The summed E-state index contributed by atoms with van der Waals surface area (Å²) in [5.74, 6) is 0.159. The summed E-state index contributed by atoms with van der Waals surface area (Å²) in [5, 5.41) is 3.62. The molecule has 6 nitrogen and oxygen atoms in total. The second kappa shape index (κ2) is 10.7. The third-order valence-corrected chi connectivity index (χ3v) is 7.51. The van der Waals surface area contributed by atoms with Gasteiger partial charge in [0.15, 0.2) is 0 Å². The first-order valence-corrected chi connectivity index (χ1v) is 13.0. The number of amides is 1. The number of hydrogen-bond acceptors (Lipinski definition) is 5. The monoisotopic (exact) mass is 499 g/mol. The molecule has 0 radical (unpaired) electrons. The van der Waals surface area contributed by atoms with Crippen LogP contribution < -0.4 is 5.32 Å². The van der Waals surface area contributed by atoms with E-state index in [1.807, 2.05) is 32.0 Å². The number of fused-ring (bicyclic) bond motifs is 3. The molecule has 2 saturated heterocycles. The van der Waals surface area contributed by atoms with Gasteiger partial charge >= 0.3 is 6.09 Å². The van der Waals surface area contributed by atoms with Gasteiger partial charge in [0.2, 0.25) is 0 Å². The predicted octanol–water partition coefficient (Wildman–Crippen LogP) is 5.79. The Morgan fingerprint density at radius 3 is 2.53 bits per heavy atom. The van der Waals surface area contributed by atoms with Crippen LogP contribution in [0.2, 0.25) is 0 Å². The highest BCUT2D eigenvalue weighted by molar-refractivity contribution is 5.67. The van der Waals surface area contributed by atoms with E-state index in [4.69, 9.17) is 9.47 Å². The molecule has 1 N–H and O–H groups in total. The standard InChI is InChI=1S/C28H35F2N3O3/c1-18(2)35-28(34)33-14-12-32(13-15-33)17-21-9-10-22-25(19-6-4-3-5-7-19)31-24-11-8-20(27(29)30)16-23(24)26(22)36-21/h3-8,11,16,18,21-22,25-27,31H,9-10,12-15,17H2,1-2H3/t21?,22?,25-,26?/m0/s1. The highest BCUT2D eigenvalue weighted by atomic mass is 19.3. The molecule has 0 aliphatic carbocycles. The molecular formula is C28H35F2N3O3. The van der Waals surface area contributed by atoms with Crippen molar-refractivity contribution in [1.82, 2.24) is 9.80 Å². The van der Waals surface area contributed by atoms with E-state index in [2.05, 4.69) is 22.3 Å². The quantitative estimate of drug-likeness (QED) is 0.564. The third kappa shape index (κ3) is 5.34. The zero-order valence-electron chi connectivity index (χ0n) is 20.9. The van der Waals surface area contributed by atoms with Gasteiger partial charge in [-0.2, -0.15) is 0 Å². The predicted molar refractivity (Wildman–Crippen MR) is 134 cm³/mol. The van der Waals surface area contributed by atoms with Crippen LogP contribution in [0.15, 0.2) is 48.5 Å². The number of benzene rings is 2. The van der Waals surface area contributed by atoms with Crippen molar-refractivity contribution in [3.05, 3.63) is 65.2 Å². The Morgan fingerprint density at radius 2 is 1.83 bits per heavy atom. The molecule has 2 fully saturated rings. The van der Waals surface area contributed by atoms with Crippen LogP contribution in [0.1, 0.15) is 62.0 Å². The Hall–Kier alpha value is -2.71. The van der Waals surface area contributed by atoms with Gasteiger partial charge < -0.3 is 19.7 Å². The number of halogens is 2. The van der Waals surface area contributed by atoms with Gasteiger partial charge in [0, 0.05) is 55.5 Å². The second-order valence-corrected chi connectivity index (χ2v) is 10.3. The highest BCUT2D eigenvalue weighted by Crippen LogP contribution is 2.51. The smallest absolute Gasteiger partial charge is 0.410 e. The number of alkyl halides is 2. The van der Waals surface area contributed by atoms with Gasteiger partial charge in [0.05, 0.1) is 24.4 Å². The summed E-state index contributed by atoms with van der Waals surface area (Å²) in [6, 6.07) is 15.3. The van der Waals surface area contributed by atoms with E-state index in [-0.39, 0.29) is 41.9 Å². The first-order valence-electron chi connectivity index (χ1n) is 13.0. The summed E-state index contributed by atoms with van der Waals surface area (Å²) in [6.07, 6.45) is -1.28. The lowest BCUT2D eigenvalue weighted by molar-refractivity contribution is -0.105. The Morgan fingerprint density at radius 1 is 1.08 bits per heavy atom. The van der Waals surface area contributed by atoms with Crippen molar-refractivity contribution in [1.29, 1.82) is 0 Å². The van der Waals surface area contributed by atoms with Crippen LogP contribution >= 0.6 is 0 Å². The number of piperazine rings is 1. The number of carbonyl (C=O) groups is 1. The molecule has 8 heteroatoms. The molecule has 0 bridgehead atoms. The number of ether oxygens (including phenoxy) is 2. The zero-order valence-corrected chi connectivity index (χ0v) is 20.9. The van der Waals surface area contributed by atoms with Crippen molar-refractivity contribution in [3.8, 4) is 0 Å². The van der Waals surface area contributed by atoms with Crippen LogP contribution in [-0.2, 0) is 9.47 Å². The molecule has 36 heavy (non-hydrogen) atoms. The van der Waals surface area contributed by atoms with Crippen molar-refractivity contribution >= 4 is 11.8 Å². The molecule has 0 aromatic heterocycles. The Bertz CT molecular complexity index is 1040. The fourth-order valence-electron chi connectivity index (χ4n) is 5.71. The Kier molecular flexibility index (Phi) is 7.44. The first-order chi connectivity index (χ1) is 17.4. The molecule has 2 aromatic carbocycles. The largest absolute Gasteiger partial charge is 0.447 e. The lowest BCUT2D eigenvalue weighted by Crippen LogP contribution is -2.52. The third-order valence-electron chi connectivity index (χ3n) is 7.51. The van der Waals surface area contributed by atoms with Gasteiger partial charge in [-0.05, 0) is 44.4 Å². The summed E-state index contributed by atoms with van der Waals surface area (Å²) in [6.45, 7) is 7.27. The summed E-state index contributed by atoms with van der Waals surface area (Å²) < 4.78 is 39.1. The fraction of sp³-hybridized carbons (Fsp3) is 0.536. The minimum absolute atomic E-state index is 0.0120. The van der Waals surface area contributed by atoms with E-state index in [0.29, 0.717) is 13.1 Å². The van der Waals surface area contributed by atoms with Gasteiger partial charge in [-0.3, -0.25) is 4.90 Å². The van der Waals surface area contributed by atoms with Gasteiger partial charge in [0.25, 0.3) is 6.43 Å². The molecule has 1 amide bonds. The minimum atomic E-state index is -2.52. The number of nitrogens with one attached hydrogen (secondary N) is 1. The second-order valence-electron chi connectivity index (χ2n) is 10.3. The summed E-state index contributed by atoms with van der Waals surface area (Å²) in [5.41, 5.74) is 2.91. The molecule has 3 unspecified atom stereocenters. The molecule has 194 valence electrons. The molecular weight excluding hydrogens is 464 g/mol. The number of hydrogen-bond donors (Lipinski definition) is 1. The van der Waals surface area contributed by atoms with E-state index in [9.17, 15) is 13.6 Å². The van der Waals surface area contributed by atoms with Crippen LogP contribution in [0.4, 0.5) is 19.3 Å². The van der Waals surface area contributed by atoms with Crippen molar-refractivity contribution in [2.75, 3.05) is 38.0 Å². The molecule has 5 rings (SSSR count). The molecule has 0 spiro atoms. The van der Waals surface area contributed by atoms with Crippen LogP contribution in [0.25, 0.3) is 0 Å². The van der Waals surface area contributed by atoms with Gasteiger partial charge in [-0.15, -0.1) is 0 Å². The van der Waals surface area contributed by atoms with Crippen molar-refractivity contribution in [2.24, 2.45) is 5.92 Å². The number of carbonyl (C=O) groups excluding carboxylic acids is 1. The van der Waals surface area contributed by atoms with Crippen molar-refractivity contribution in [3.63, 3.8) is 0 Å². The lowest BCUT2D eigenvalue weighted by atomic mass is 9.76. The highest BCUT2D eigenvalue weighted by Gasteiger charge is 2.43. The van der Waals surface area contributed by atoms with Crippen LogP contribution in [0.5, 0.6) is 0 Å². The molecule has 3 aliphatic rings. The number of anilines is 1. The molecule has 3 aliphatic heterocycles. The molecule has 3 heterocycles. The van der Waals surface area contributed by atoms with Crippen molar-refractivity contribution < 1.29 is 23.0 Å². The van der Waals surface area contributed by atoms with Crippen molar-refractivity contribution in [2.45, 2.75) is 57.5 Å². The van der Waals surface area contributed by atoms with Gasteiger partial charge in [0.1, 0.15) is 0 Å². The first kappa shape index (κ1) is 25.0. The topological polar surface area (TPSA) is 54.0 Å². The maximum Gasteiger partial charge on any atom is 0.410 e. The van der Waals surface area contributed by atoms with E-state index in [1.54, 1.807) is 17.0 Å². The maximum atomic E-state index is 13.5. The van der Waals surface area contributed by atoms with Crippen LogP contribution in [-0.4, -0.2) is 60.8 Å². The van der Waals surface area contributed by atoms with E-state index in [0.717, 1.165) is 43.7 Å². The van der Waals surface area contributed by atoms with E-state index >= 15 is 0 Å². The summed E-state index contributed by atoms with van der Waals surface area (Å²) >= 11 is 0. The average molecular weight is 500 g/mol. The Balaban J connectivity index is 1.30. The number of rotatable bonds is 5. The summed E-state index contributed by atoms with van der Waals surface area (Å²) in [7, 11) is 0. The molecule has 0 saturated carbocycles. The number of nitrogens with zero attached hydrogens (tertiary/aromatic N) is 2. The Labute approximate surface area is 211 Å². The lowest BCUT2D eigenvalue weighted by Gasteiger charge is -2.47. The molecule has 2 aromatic rings. The van der Waals surface area contributed by atoms with Crippen LogP contribution in [0.3, 0.4) is 0 Å². The molecule has 4 atom stereocenters.